The van der Waals surface area contributed by atoms with E-state index in [0.717, 1.165) is 30.4 Å². The molecule has 0 unspecified atom stereocenters. The van der Waals surface area contributed by atoms with Gasteiger partial charge in [-0.3, -0.25) is 4.79 Å². The summed E-state index contributed by atoms with van der Waals surface area (Å²) in [5, 5.41) is 17.1. The first kappa shape index (κ1) is 19.4. The number of azo groups is 1. The van der Waals surface area contributed by atoms with Gasteiger partial charge in [0.2, 0.25) is 5.70 Å². The third-order valence-corrected chi connectivity index (χ3v) is 4.08. The summed E-state index contributed by atoms with van der Waals surface area (Å²) < 4.78 is 0. The van der Waals surface area contributed by atoms with E-state index in [-0.39, 0.29) is 5.78 Å². The van der Waals surface area contributed by atoms with Gasteiger partial charge in [0.1, 0.15) is 0 Å². The monoisotopic (exact) mass is 336 g/mol. The Morgan fingerprint density at radius 2 is 1.87 bits per heavy atom. The van der Waals surface area contributed by atoms with Crippen LogP contribution in [0.3, 0.4) is 0 Å². The highest BCUT2D eigenvalue weighted by molar-refractivity contribution is 6.30. The molecule has 0 aromatic heterocycles. The van der Waals surface area contributed by atoms with Crippen LogP contribution in [0.5, 0.6) is 0 Å². The van der Waals surface area contributed by atoms with Crippen LogP contribution in [-0.2, 0) is 4.79 Å². The van der Waals surface area contributed by atoms with Crippen LogP contribution in [0.1, 0.15) is 58.9 Å². The molecule has 0 saturated heterocycles. The van der Waals surface area contributed by atoms with Gasteiger partial charge < -0.3 is 5.21 Å². The number of halogens is 1. The molecular formula is C18H25ClN2O2. The first-order chi connectivity index (χ1) is 10.9. The van der Waals surface area contributed by atoms with E-state index < -0.39 is 6.04 Å². The number of unbranched alkanes of at least 4 members (excludes halogenated alkanes) is 2. The zero-order valence-electron chi connectivity index (χ0n) is 14.3. The molecule has 0 bridgehead atoms. The van der Waals surface area contributed by atoms with Crippen LogP contribution < -0.4 is 0 Å². The van der Waals surface area contributed by atoms with Gasteiger partial charge in [0.25, 0.3) is 0 Å². The number of carbonyl (C=O) groups is 1. The maximum Gasteiger partial charge on any atom is 0.224 e. The van der Waals surface area contributed by atoms with E-state index in [0.29, 0.717) is 22.0 Å². The van der Waals surface area contributed by atoms with Crippen LogP contribution in [0.4, 0.5) is 0 Å². The van der Waals surface area contributed by atoms with Gasteiger partial charge in [-0.2, -0.15) is 0 Å². The Morgan fingerprint density at radius 1 is 1.26 bits per heavy atom. The lowest BCUT2D eigenvalue weighted by atomic mass is 10.0. The Labute approximate surface area is 143 Å². The Morgan fingerprint density at radius 3 is 2.39 bits per heavy atom. The number of carbonyl (C=O) groups excluding carboxylic acids is 1. The lowest BCUT2D eigenvalue weighted by molar-refractivity contribution is -0.483. The highest BCUT2D eigenvalue weighted by Crippen LogP contribution is 2.25. The summed E-state index contributed by atoms with van der Waals surface area (Å²) in [7, 11) is 0. The number of hydrogen-bond acceptors (Lipinski definition) is 3. The topological polar surface area (TPSA) is 55.5 Å². The number of benzene rings is 1. The Bertz CT molecular complexity index is 592. The van der Waals surface area contributed by atoms with Gasteiger partial charge in [-0.15, -0.1) is 0 Å². The van der Waals surface area contributed by atoms with Crippen LogP contribution in [0.25, 0.3) is 5.57 Å². The second-order valence-electron chi connectivity index (χ2n) is 5.71. The van der Waals surface area contributed by atoms with Crippen molar-refractivity contribution in [3.8, 4) is 0 Å². The molecule has 4 nitrogen and oxygen atoms in total. The molecule has 0 radical (unpaired) electrons. The SMILES string of the molecule is CCCCC/C(=C(\C)c1ccc(Cl)cc1)[N+]([O-])=N[C@@H](C)C(C)=O. The molecule has 126 valence electrons. The quantitative estimate of drug-likeness (QED) is 0.269. The van der Waals surface area contributed by atoms with Crippen molar-refractivity contribution >= 4 is 23.0 Å². The second kappa shape index (κ2) is 9.46. The van der Waals surface area contributed by atoms with Crippen molar-refractivity contribution in [2.45, 2.75) is 59.4 Å². The number of allylic oxidation sites excluding steroid dienone is 2. The summed E-state index contributed by atoms with van der Waals surface area (Å²) in [4.78, 5) is 12.0. The van der Waals surface area contributed by atoms with E-state index >= 15 is 0 Å². The van der Waals surface area contributed by atoms with Crippen molar-refractivity contribution in [3.05, 3.63) is 45.8 Å². The van der Waals surface area contributed by atoms with Crippen molar-refractivity contribution in [1.29, 1.82) is 0 Å². The third kappa shape index (κ3) is 6.14. The number of Topliss-reactive ketones (excluding diaryl/α,β-unsaturated/α-hetero) is 1. The fraction of sp³-hybridized carbons (Fsp3) is 0.500. The molecule has 23 heavy (non-hydrogen) atoms. The number of hydrogen-bond donors (Lipinski definition) is 0. The summed E-state index contributed by atoms with van der Waals surface area (Å²) >= 11 is 5.92. The zero-order valence-corrected chi connectivity index (χ0v) is 15.1. The van der Waals surface area contributed by atoms with E-state index in [1.807, 2.05) is 19.1 Å². The van der Waals surface area contributed by atoms with Crippen molar-refractivity contribution in [1.82, 2.24) is 0 Å². The highest BCUT2D eigenvalue weighted by atomic mass is 35.5. The van der Waals surface area contributed by atoms with Gasteiger partial charge in [0.05, 0.1) is 0 Å². The van der Waals surface area contributed by atoms with Crippen LogP contribution in [0.15, 0.2) is 35.1 Å². The predicted molar refractivity (Wildman–Crippen MR) is 94.4 cm³/mol. The minimum absolute atomic E-state index is 0.122. The lowest BCUT2D eigenvalue weighted by Crippen LogP contribution is -2.15. The first-order valence-corrected chi connectivity index (χ1v) is 8.38. The van der Waals surface area contributed by atoms with Crippen molar-refractivity contribution in [2.24, 2.45) is 5.11 Å². The van der Waals surface area contributed by atoms with Gasteiger partial charge >= 0.3 is 0 Å². The number of rotatable bonds is 8. The predicted octanol–water partition coefficient (Wildman–Crippen LogP) is 5.59. The number of hydroxylamine groups is 1. The molecule has 0 saturated carbocycles. The molecule has 1 aromatic rings. The molecule has 1 rings (SSSR count). The molecule has 0 N–H and O–H groups in total. The molecule has 0 aliphatic rings. The average Bonchev–Trinajstić information content (AvgIpc) is 2.51. The molecule has 0 fully saturated rings. The van der Waals surface area contributed by atoms with Crippen LogP contribution in [-0.4, -0.2) is 16.7 Å². The minimum Gasteiger partial charge on any atom is -0.594 e. The van der Waals surface area contributed by atoms with E-state index in [4.69, 9.17) is 11.6 Å². The van der Waals surface area contributed by atoms with Crippen molar-refractivity contribution < 1.29 is 9.66 Å². The van der Waals surface area contributed by atoms with Gasteiger partial charge in [-0.25, -0.2) is 0 Å². The van der Waals surface area contributed by atoms with E-state index in [9.17, 15) is 10.0 Å². The molecule has 0 amide bonds. The third-order valence-electron chi connectivity index (χ3n) is 3.82. The summed E-state index contributed by atoms with van der Waals surface area (Å²) in [6.07, 6.45) is 3.68. The highest BCUT2D eigenvalue weighted by Gasteiger charge is 2.18. The van der Waals surface area contributed by atoms with Gasteiger partial charge in [-0.1, -0.05) is 48.4 Å². The molecule has 1 aromatic carbocycles. The summed E-state index contributed by atoms with van der Waals surface area (Å²) in [5.41, 5.74) is 2.41. The maximum atomic E-state index is 12.4. The van der Waals surface area contributed by atoms with E-state index in [2.05, 4.69) is 12.0 Å². The molecule has 0 aliphatic heterocycles. The van der Waals surface area contributed by atoms with E-state index in [1.54, 1.807) is 19.1 Å². The number of nitrogens with zero attached hydrogens (tertiary/aromatic N) is 2. The van der Waals surface area contributed by atoms with Gasteiger partial charge in [0.15, 0.2) is 11.8 Å². The summed E-state index contributed by atoms with van der Waals surface area (Å²) in [6.45, 7) is 7.10. The zero-order chi connectivity index (χ0) is 17.4. The Kier molecular flexibility index (Phi) is 7.96. The van der Waals surface area contributed by atoms with Crippen LogP contribution in [0, 0.1) is 5.21 Å². The molecule has 1 atom stereocenters. The molecule has 0 heterocycles. The summed E-state index contributed by atoms with van der Waals surface area (Å²) in [6, 6.07) is 6.74. The largest absolute Gasteiger partial charge is 0.594 e. The fourth-order valence-corrected chi connectivity index (χ4v) is 2.27. The lowest BCUT2D eigenvalue weighted by Gasteiger charge is -2.11. The smallest absolute Gasteiger partial charge is 0.224 e. The standard InChI is InChI=1S/C18H25ClN2O2/c1-5-6-7-8-18(21(23)20-14(3)15(4)22)13(2)16-9-11-17(19)12-10-16/h9-12,14H,5-8H2,1-4H3/b18-13-,21-20?/t14-/m0/s1. The summed E-state index contributed by atoms with van der Waals surface area (Å²) in [5.74, 6) is -0.122. The van der Waals surface area contributed by atoms with Crippen LogP contribution >= 0.6 is 11.6 Å². The van der Waals surface area contributed by atoms with Gasteiger partial charge in [0, 0.05) is 17.0 Å². The molecule has 0 spiro atoms. The van der Waals surface area contributed by atoms with Crippen LogP contribution in [0.2, 0.25) is 5.02 Å². The molecule has 5 heteroatoms. The maximum absolute atomic E-state index is 12.4. The fourth-order valence-electron chi connectivity index (χ4n) is 2.14. The second-order valence-corrected chi connectivity index (χ2v) is 6.15. The van der Waals surface area contributed by atoms with E-state index in [1.165, 1.54) is 6.92 Å². The average molecular weight is 337 g/mol. The molecule has 0 aliphatic carbocycles. The van der Waals surface area contributed by atoms with Crippen molar-refractivity contribution in [2.75, 3.05) is 0 Å². The minimum atomic E-state index is -0.633. The normalized spacial score (nSPS) is 14.4. The first-order valence-electron chi connectivity index (χ1n) is 8.01. The Balaban J connectivity index is 3.19. The van der Waals surface area contributed by atoms with Gasteiger partial charge in [-0.05, 0) is 50.0 Å². The number of ketones is 1. The molecular weight excluding hydrogens is 312 g/mol. The van der Waals surface area contributed by atoms with Crippen molar-refractivity contribution in [3.63, 3.8) is 0 Å². The Hall–Kier alpha value is -1.68.